The van der Waals surface area contributed by atoms with Gasteiger partial charge in [-0.1, -0.05) is 49.8 Å². The summed E-state index contributed by atoms with van der Waals surface area (Å²) in [5.74, 6) is 0.723. The molecule has 1 saturated carbocycles. The number of aromatic nitrogens is 4. The van der Waals surface area contributed by atoms with Crippen molar-refractivity contribution in [2.45, 2.75) is 51.0 Å². The standard InChI is InChI=1S/C15H20ClN5/c16-13-10-6-9-12(14(13)17)15-18-19-20-21(15)11-7-4-2-1-3-5-8-11/h6,9-11H,1-5,7-8,17H2. The molecule has 0 unspecified atom stereocenters. The van der Waals surface area contributed by atoms with Gasteiger partial charge in [-0.3, -0.25) is 0 Å². The van der Waals surface area contributed by atoms with E-state index >= 15 is 0 Å². The first-order valence-corrected chi connectivity index (χ1v) is 7.97. The second-order valence-corrected chi connectivity index (χ2v) is 6.05. The highest BCUT2D eigenvalue weighted by atomic mass is 35.5. The van der Waals surface area contributed by atoms with Crippen molar-refractivity contribution in [3.8, 4) is 11.4 Å². The van der Waals surface area contributed by atoms with Crippen LogP contribution in [0.4, 0.5) is 5.69 Å². The van der Waals surface area contributed by atoms with E-state index in [4.69, 9.17) is 17.3 Å². The molecule has 1 aliphatic carbocycles. The molecule has 1 heterocycles. The van der Waals surface area contributed by atoms with Gasteiger partial charge in [0, 0.05) is 5.56 Å². The molecule has 0 spiro atoms. The summed E-state index contributed by atoms with van der Waals surface area (Å²) in [4.78, 5) is 0. The SMILES string of the molecule is Nc1c(Cl)cccc1-c1nnnn1C1CCCCCCC1. The van der Waals surface area contributed by atoms with E-state index in [1.54, 1.807) is 6.07 Å². The zero-order chi connectivity index (χ0) is 14.7. The molecule has 1 aliphatic rings. The summed E-state index contributed by atoms with van der Waals surface area (Å²) in [6.07, 6.45) is 8.65. The van der Waals surface area contributed by atoms with Crippen LogP contribution in [0, 0.1) is 0 Å². The van der Waals surface area contributed by atoms with Crippen molar-refractivity contribution in [3.63, 3.8) is 0 Å². The van der Waals surface area contributed by atoms with Gasteiger partial charge in [0.15, 0.2) is 5.82 Å². The van der Waals surface area contributed by atoms with E-state index in [-0.39, 0.29) is 0 Å². The predicted molar refractivity (Wildman–Crippen MR) is 84.0 cm³/mol. The quantitative estimate of drug-likeness (QED) is 0.855. The monoisotopic (exact) mass is 305 g/mol. The summed E-state index contributed by atoms with van der Waals surface area (Å²) >= 11 is 6.11. The van der Waals surface area contributed by atoms with Gasteiger partial charge >= 0.3 is 0 Å². The summed E-state index contributed by atoms with van der Waals surface area (Å²) in [5.41, 5.74) is 7.44. The summed E-state index contributed by atoms with van der Waals surface area (Å²) in [6, 6.07) is 5.94. The molecule has 0 bridgehead atoms. The van der Waals surface area contributed by atoms with Gasteiger partial charge in [-0.05, 0) is 35.4 Å². The maximum Gasteiger partial charge on any atom is 0.184 e. The van der Waals surface area contributed by atoms with Gasteiger partial charge in [-0.25, -0.2) is 4.68 Å². The van der Waals surface area contributed by atoms with Crippen molar-refractivity contribution in [2.75, 3.05) is 5.73 Å². The number of anilines is 1. The molecule has 2 N–H and O–H groups in total. The Morgan fingerprint density at radius 1 is 1.10 bits per heavy atom. The molecule has 1 fully saturated rings. The summed E-state index contributed by atoms with van der Waals surface area (Å²) in [5, 5.41) is 12.8. The second-order valence-electron chi connectivity index (χ2n) is 5.65. The number of halogens is 1. The van der Waals surface area contributed by atoms with E-state index in [0.717, 1.165) is 24.2 Å². The zero-order valence-electron chi connectivity index (χ0n) is 12.0. The highest BCUT2D eigenvalue weighted by molar-refractivity contribution is 6.33. The van der Waals surface area contributed by atoms with Crippen LogP contribution in [0.5, 0.6) is 0 Å². The molecule has 0 radical (unpaired) electrons. The third-order valence-corrected chi connectivity index (χ3v) is 4.54. The molecule has 0 amide bonds. The first-order chi connectivity index (χ1) is 10.3. The van der Waals surface area contributed by atoms with Crippen LogP contribution in [0.2, 0.25) is 5.02 Å². The largest absolute Gasteiger partial charge is 0.397 e. The maximum atomic E-state index is 6.11. The molecule has 5 nitrogen and oxygen atoms in total. The van der Waals surface area contributed by atoms with Crippen LogP contribution >= 0.6 is 11.6 Å². The third-order valence-electron chi connectivity index (χ3n) is 4.21. The van der Waals surface area contributed by atoms with Gasteiger partial charge in [0.2, 0.25) is 0 Å². The molecule has 0 aliphatic heterocycles. The Kier molecular flexibility index (Phi) is 4.39. The van der Waals surface area contributed by atoms with Crippen molar-refractivity contribution >= 4 is 17.3 Å². The minimum absolute atomic E-state index is 0.355. The average Bonchev–Trinajstić information content (AvgIpc) is 2.90. The molecule has 6 heteroatoms. The number of para-hydroxylation sites is 1. The van der Waals surface area contributed by atoms with Crippen LogP contribution in [0.1, 0.15) is 51.0 Å². The molecule has 0 atom stereocenters. The molecule has 3 rings (SSSR count). The van der Waals surface area contributed by atoms with E-state index in [9.17, 15) is 0 Å². The lowest BCUT2D eigenvalue weighted by Gasteiger charge is -2.21. The number of benzene rings is 1. The normalized spacial score (nSPS) is 17.4. The van der Waals surface area contributed by atoms with Gasteiger partial charge in [-0.15, -0.1) is 5.10 Å². The van der Waals surface area contributed by atoms with E-state index in [0.29, 0.717) is 16.8 Å². The fraction of sp³-hybridized carbons (Fsp3) is 0.533. The van der Waals surface area contributed by atoms with E-state index in [1.807, 2.05) is 16.8 Å². The highest BCUT2D eigenvalue weighted by Gasteiger charge is 2.21. The lowest BCUT2D eigenvalue weighted by Crippen LogP contribution is -2.14. The van der Waals surface area contributed by atoms with Gasteiger partial charge < -0.3 is 5.73 Å². The van der Waals surface area contributed by atoms with Gasteiger partial charge in [-0.2, -0.15) is 0 Å². The van der Waals surface area contributed by atoms with Gasteiger partial charge in [0.25, 0.3) is 0 Å². The first kappa shape index (κ1) is 14.3. The van der Waals surface area contributed by atoms with Crippen LogP contribution < -0.4 is 5.73 Å². The number of hydrogen-bond donors (Lipinski definition) is 1. The van der Waals surface area contributed by atoms with Crippen LogP contribution in [0.25, 0.3) is 11.4 Å². The molecule has 112 valence electrons. The molecular formula is C15H20ClN5. The van der Waals surface area contributed by atoms with E-state index in [2.05, 4.69) is 15.5 Å². The van der Waals surface area contributed by atoms with Crippen LogP contribution in [0.3, 0.4) is 0 Å². The predicted octanol–water partition coefficient (Wildman–Crippen LogP) is 3.86. The number of nitrogens with zero attached hydrogens (tertiary/aromatic N) is 4. The number of nitrogen functional groups attached to an aromatic ring is 1. The Morgan fingerprint density at radius 2 is 1.81 bits per heavy atom. The molecule has 2 aromatic rings. The van der Waals surface area contributed by atoms with E-state index < -0.39 is 0 Å². The number of hydrogen-bond acceptors (Lipinski definition) is 4. The first-order valence-electron chi connectivity index (χ1n) is 7.59. The van der Waals surface area contributed by atoms with Crippen molar-refractivity contribution in [1.82, 2.24) is 20.2 Å². The minimum atomic E-state index is 0.355. The van der Waals surface area contributed by atoms with Gasteiger partial charge in [0.1, 0.15) is 0 Å². The lowest BCUT2D eigenvalue weighted by molar-refractivity contribution is 0.345. The van der Waals surface area contributed by atoms with Gasteiger partial charge in [0.05, 0.1) is 16.8 Å². The summed E-state index contributed by atoms with van der Waals surface area (Å²) < 4.78 is 1.94. The van der Waals surface area contributed by atoms with Crippen molar-refractivity contribution in [3.05, 3.63) is 23.2 Å². The Hall–Kier alpha value is -1.62. The van der Waals surface area contributed by atoms with Crippen LogP contribution in [-0.4, -0.2) is 20.2 Å². The third kappa shape index (κ3) is 3.02. The maximum absolute atomic E-state index is 6.11. The molecule has 1 aromatic carbocycles. The van der Waals surface area contributed by atoms with Crippen LogP contribution in [-0.2, 0) is 0 Å². The second kappa shape index (κ2) is 6.43. The number of tetrazole rings is 1. The van der Waals surface area contributed by atoms with E-state index in [1.165, 1.54) is 32.1 Å². The smallest absolute Gasteiger partial charge is 0.184 e. The van der Waals surface area contributed by atoms with Crippen molar-refractivity contribution in [1.29, 1.82) is 0 Å². The summed E-state index contributed by atoms with van der Waals surface area (Å²) in [7, 11) is 0. The Labute approximate surface area is 129 Å². The van der Waals surface area contributed by atoms with Crippen molar-refractivity contribution < 1.29 is 0 Å². The lowest BCUT2D eigenvalue weighted by atomic mass is 9.96. The highest BCUT2D eigenvalue weighted by Crippen LogP contribution is 2.33. The van der Waals surface area contributed by atoms with Crippen LogP contribution in [0.15, 0.2) is 18.2 Å². The average molecular weight is 306 g/mol. The zero-order valence-corrected chi connectivity index (χ0v) is 12.8. The Bertz CT molecular complexity index is 602. The number of rotatable bonds is 2. The summed E-state index contributed by atoms with van der Waals surface area (Å²) in [6.45, 7) is 0. The minimum Gasteiger partial charge on any atom is -0.397 e. The Balaban J connectivity index is 1.94. The molecule has 21 heavy (non-hydrogen) atoms. The molecule has 1 aromatic heterocycles. The topological polar surface area (TPSA) is 69.6 Å². The molecular weight excluding hydrogens is 286 g/mol. The number of nitrogens with two attached hydrogens (primary N) is 1. The Morgan fingerprint density at radius 3 is 2.57 bits per heavy atom. The molecule has 0 saturated heterocycles. The van der Waals surface area contributed by atoms with Crippen molar-refractivity contribution in [2.24, 2.45) is 0 Å². The fourth-order valence-electron chi connectivity index (χ4n) is 3.03. The fourth-order valence-corrected chi connectivity index (χ4v) is 3.20.